The highest BCUT2D eigenvalue weighted by molar-refractivity contribution is 5.39. The Kier molecular flexibility index (Phi) is 7.01. The Morgan fingerprint density at radius 1 is 1.15 bits per heavy atom. The Hall–Kier alpha value is -1.66. The fourth-order valence-electron chi connectivity index (χ4n) is 4.08. The van der Waals surface area contributed by atoms with Gasteiger partial charge in [-0.25, -0.2) is 0 Å². The molecule has 1 fully saturated rings. The molecule has 1 heterocycles. The number of rotatable bonds is 7. The van der Waals surface area contributed by atoms with Crippen molar-refractivity contribution in [3.05, 3.63) is 53.6 Å². The van der Waals surface area contributed by atoms with Crippen LogP contribution in [-0.4, -0.2) is 29.6 Å². The van der Waals surface area contributed by atoms with Crippen molar-refractivity contribution in [3.8, 4) is 0 Å². The van der Waals surface area contributed by atoms with Gasteiger partial charge in [-0.3, -0.25) is 0 Å². The summed E-state index contributed by atoms with van der Waals surface area (Å²) in [7, 11) is 0. The molecule has 0 saturated carbocycles. The van der Waals surface area contributed by atoms with Gasteiger partial charge in [-0.1, -0.05) is 60.8 Å². The lowest BCUT2D eigenvalue weighted by atomic mass is 9.85. The molecule has 26 heavy (non-hydrogen) atoms. The maximum absolute atomic E-state index is 4.44. The van der Waals surface area contributed by atoms with E-state index in [-0.39, 0.29) is 0 Å². The minimum absolute atomic E-state index is 0.435. The van der Waals surface area contributed by atoms with Crippen LogP contribution >= 0.6 is 0 Å². The van der Waals surface area contributed by atoms with Crippen molar-refractivity contribution >= 4 is 0 Å². The van der Waals surface area contributed by atoms with E-state index >= 15 is 0 Å². The summed E-state index contributed by atoms with van der Waals surface area (Å²) in [6, 6.07) is 0. The van der Waals surface area contributed by atoms with Crippen LogP contribution in [0.25, 0.3) is 0 Å². The lowest BCUT2D eigenvalue weighted by molar-refractivity contribution is 0.264. The highest BCUT2D eigenvalue weighted by atomic mass is 15.4. The quantitative estimate of drug-likeness (QED) is 0.410. The zero-order valence-corrected chi connectivity index (χ0v) is 17.8. The second kappa shape index (κ2) is 8.82. The maximum Gasteiger partial charge on any atom is 0.0907 e. The molecule has 0 N–H and O–H groups in total. The van der Waals surface area contributed by atoms with E-state index < -0.39 is 0 Å². The zero-order valence-electron chi connectivity index (χ0n) is 17.8. The van der Waals surface area contributed by atoms with Crippen LogP contribution in [-0.2, 0) is 0 Å². The highest BCUT2D eigenvalue weighted by Gasteiger charge is 2.31. The molecule has 1 unspecified atom stereocenters. The summed E-state index contributed by atoms with van der Waals surface area (Å²) < 4.78 is 0. The number of allylic oxidation sites excluding steroid dienone is 4. The van der Waals surface area contributed by atoms with E-state index in [0.717, 1.165) is 26.2 Å². The Bertz CT molecular complexity index is 627. The van der Waals surface area contributed by atoms with E-state index in [1.807, 2.05) is 6.08 Å². The van der Waals surface area contributed by atoms with Gasteiger partial charge in [0, 0.05) is 24.7 Å². The van der Waals surface area contributed by atoms with Gasteiger partial charge in [-0.2, -0.15) is 0 Å². The first kappa shape index (κ1) is 20.6. The summed E-state index contributed by atoms with van der Waals surface area (Å²) in [6.45, 7) is 25.2. The predicted molar refractivity (Wildman–Crippen MR) is 113 cm³/mol. The van der Waals surface area contributed by atoms with Gasteiger partial charge in [0.05, 0.1) is 12.4 Å². The smallest absolute Gasteiger partial charge is 0.0907 e. The van der Waals surface area contributed by atoms with Gasteiger partial charge < -0.3 is 9.80 Å². The van der Waals surface area contributed by atoms with Gasteiger partial charge in [-0.15, -0.1) is 5.73 Å². The number of hydrogen-bond acceptors (Lipinski definition) is 2. The fourth-order valence-corrected chi connectivity index (χ4v) is 4.08. The molecular weight excluding hydrogens is 316 g/mol. The topological polar surface area (TPSA) is 6.48 Å². The van der Waals surface area contributed by atoms with Gasteiger partial charge >= 0.3 is 0 Å². The predicted octanol–water partition coefficient (Wildman–Crippen LogP) is 5.97. The standard InChI is InChI=1S/C24H38N2/c1-9-21(18(4)5)24(20(8)17(2)3)26-15-14-25(16-26)23-13-11-10-12-22(23)19(6)7/h9,11,17-19,22H,1,8,10,12,14-16H2,2-7H3/b24-21-. The minimum atomic E-state index is 0.435. The Morgan fingerprint density at radius 2 is 1.85 bits per heavy atom. The molecule has 0 aromatic rings. The molecule has 1 aliphatic heterocycles. The van der Waals surface area contributed by atoms with Crippen molar-refractivity contribution in [2.75, 3.05) is 19.8 Å². The lowest BCUT2D eigenvalue weighted by Gasteiger charge is -2.33. The molecule has 1 aliphatic carbocycles. The molecule has 1 saturated heterocycles. The lowest BCUT2D eigenvalue weighted by Crippen LogP contribution is -2.31. The molecule has 1 atom stereocenters. The zero-order chi connectivity index (χ0) is 19.4. The SMILES string of the molecule is C=C/C(=C(\C(=C)C(C)C)N1CCN(C2=C=CCCC2C(C)C)C1)C(C)C. The molecular formula is C24H38N2. The summed E-state index contributed by atoms with van der Waals surface area (Å²) in [5.74, 6) is 2.18. The first-order valence-corrected chi connectivity index (χ1v) is 10.3. The van der Waals surface area contributed by atoms with E-state index in [1.54, 1.807) is 0 Å². The molecule has 0 amide bonds. The largest absolute Gasteiger partial charge is 0.352 e. The molecule has 0 radical (unpaired) electrons. The van der Waals surface area contributed by atoms with E-state index in [2.05, 4.69) is 76.3 Å². The normalized spacial score (nSPS) is 21.6. The van der Waals surface area contributed by atoms with Crippen LogP contribution in [0.2, 0.25) is 0 Å². The van der Waals surface area contributed by atoms with Crippen LogP contribution < -0.4 is 0 Å². The van der Waals surface area contributed by atoms with Crippen molar-refractivity contribution in [1.82, 2.24) is 9.80 Å². The molecule has 2 aliphatic rings. The third-order valence-corrected chi connectivity index (χ3v) is 5.78. The third kappa shape index (κ3) is 4.35. The molecule has 0 bridgehead atoms. The van der Waals surface area contributed by atoms with Crippen LogP contribution in [0.3, 0.4) is 0 Å². The molecule has 2 heteroatoms. The molecule has 2 rings (SSSR count). The average molecular weight is 355 g/mol. The number of nitrogens with zero attached hydrogens (tertiary/aromatic N) is 2. The first-order valence-electron chi connectivity index (χ1n) is 10.3. The van der Waals surface area contributed by atoms with E-state index in [9.17, 15) is 0 Å². The van der Waals surface area contributed by atoms with Crippen molar-refractivity contribution in [2.24, 2.45) is 23.7 Å². The Labute approximate surface area is 161 Å². The van der Waals surface area contributed by atoms with Gasteiger partial charge in [0.15, 0.2) is 0 Å². The summed E-state index contributed by atoms with van der Waals surface area (Å²) in [5, 5.41) is 0. The minimum Gasteiger partial charge on any atom is -0.352 e. The highest BCUT2D eigenvalue weighted by Crippen LogP contribution is 2.35. The second-order valence-electron chi connectivity index (χ2n) is 8.67. The Morgan fingerprint density at radius 3 is 2.38 bits per heavy atom. The van der Waals surface area contributed by atoms with Crippen LogP contribution in [0.4, 0.5) is 0 Å². The molecule has 2 nitrogen and oxygen atoms in total. The van der Waals surface area contributed by atoms with Gasteiger partial charge in [-0.05, 0) is 47.8 Å². The van der Waals surface area contributed by atoms with Crippen molar-refractivity contribution in [2.45, 2.75) is 54.4 Å². The van der Waals surface area contributed by atoms with Crippen LogP contribution in [0, 0.1) is 23.7 Å². The van der Waals surface area contributed by atoms with Gasteiger partial charge in [0.25, 0.3) is 0 Å². The van der Waals surface area contributed by atoms with Crippen LogP contribution in [0.15, 0.2) is 53.6 Å². The maximum atomic E-state index is 4.44. The molecule has 0 aromatic carbocycles. The van der Waals surface area contributed by atoms with Crippen LogP contribution in [0.1, 0.15) is 54.4 Å². The summed E-state index contributed by atoms with van der Waals surface area (Å²) in [4.78, 5) is 5.05. The Balaban J connectivity index is 2.33. The van der Waals surface area contributed by atoms with Crippen LogP contribution in [0.5, 0.6) is 0 Å². The summed E-state index contributed by atoms with van der Waals surface area (Å²) in [6.07, 6.45) is 6.67. The first-order chi connectivity index (χ1) is 12.3. The second-order valence-corrected chi connectivity index (χ2v) is 8.67. The van der Waals surface area contributed by atoms with Crippen molar-refractivity contribution in [3.63, 3.8) is 0 Å². The summed E-state index contributed by atoms with van der Waals surface area (Å²) in [5.41, 5.74) is 8.87. The number of hydrogen-bond donors (Lipinski definition) is 0. The fraction of sp³-hybridized carbons (Fsp3) is 0.625. The van der Waals surface area contributed by atoms with Crippen molar-refractivity contribution < 1.29 is 0 Å². The molecule has 144 valence electrons. The third-order valence-electron chi connectivity index (χ3n) is 5.78. The molecule has 0 spiro atoms. The van der Waals surface area contributed by atoms with Gasteiger partial charge in [0.1, 0.15) is 0 Å². The van der Waals surface area contributed by atoms with E-state index in [0.29, 0.717) is 23.7 Å². The van der Waals surface area contributed by atoms with Crippen molar-refractivity contribution in [1.29, 1.82) is 0 Å². The average Bonchev–Trinajstić information content (AvgIpc) is 3.07. The summed E-state index contributed by atoms with van der Waals surface area (Å²) >= 11 is 0. The van der Waals surface area contributed by atoms with Gasteiger partial charge in [0.2, 0.25) is 0 Å². The van der Waals surface area contributed by atoms with E-state index in [1.165, 1.54) is 29.0 Å². The van der Waals surface area contributed by atoms with E-state index in [4.69, 9.17) is 0 Å². The monoisotopic (exact) mass is 354 g/mol. The molecule has 0 aromatic heterocycles.